The summed E-state index contributed by atoms with van der Waals surface area (Å²) in [4.78, 5) is 32.2. The first-order valence-corrected chi connectivity index (χ1v) is 15.4. The molecular formula is C21H24ClFN4O10P2. The van der Waals surface area contributed by atoms with Crippen LogP contribution in [0.4, 0.5) is 10.2 Å². The maximum absolute atomic E-state index is 14.3. The van der Waals surface area contributed by atoms with Crippen molar-refractivity contribution in [3.05, 3.63) is 58.8 Å². The largest absolute Gasteiger partial charge is 0.387 e. The minimum absolute atomic E-state index is 0.0818. The summed E-state index contributed by atoms with van der Waals surface area (Å²) < 4.78 is 55.6. The Morgan fingerprint density at radius 1 is 1.26 bits per heavy atom. The van der Waals surface area contributed by atoms with Crippen molar-refractivity contribution in [2.24, 2.45) is 0 Å². The van der Waals surface area contributed by atoms with Crippen LogP contribution in [-0.4, -0.2) is 76.4 Å². The van der Waals surface area contributed by atoms with Gasteiger partial charge >= 0.3 is 15.2 Å². The first kappa shape index (κ1) is 28.5. The van der Waals surface area contributed by atoms with Gasteiger partial charge < -0.3 is 39.7 Å². The van der Waals surface area contributed by atoms with Crippen molar-refractivity contribution in [3.63, 3.8) is 0 Å². The van der Waals surface area contributed by atoms with E-state index in [9.17, 15) is 28.6 Å². The summed E-state index contributed by atoms with van der Waals surface area (Å²) in [6.07, 6.45) is -6.28. The molecule has 7 atom stereocenters. The molecule has 2 bridgehead atoms. The molecule has 0 aliphatic carbocycles. The van der Waals surface area contributed by atoms with Crippen molar-refractivity contribution in [2.75, 3.05) is 17.8 Å². The number of benzene rings is 1. The fourth-order valence-electron chi connectivity index (χ4n) is 4.77. The van der Waals surface area contributed by atoms with Gasteiger partial charge in [0.15, 0.2) is 11.7 Å². The SMILES string of the molecule is C[C@H](Nc1nc(Cl)nn2c([C@@]34OCC(OP(=O)(O)CP(=O)(O)O)[C@@H](O3)[C@@H](O)[C@H]4O)ccc12)c1ccccc1F. The zero-order chi connectivity index (χ0) is 28.3. The Morgan fingerprint density at radius 3 is 2.67 bits per heavy atom. The number of ether oxygens (including phenoxy) is 2. The van der Waals surface area contributed by atoms with Crippen LogP contribution in [0, 0.1) is 5.82 Å². The lowest BCUT2D eigenvalue weighted by atomic mass is 10.0. The number of hydrogen-bond donors (Lipinski definition) is 6. The monoisotopic (exact) mass is 608 g/mol. The molecule has 2 saturated heterocycles. The van der Waals surface area contributed by atoms with Crippen LogP contribution in [0.3, 0.4) is 0 Å². The van der Waals surface area contributed by atoms with E-state index in [2.05, 4.69) is 15.4 Å². The molecule has 6 N–H and O–H groups in total. The Labute approximate surface area is 225 Å². The molecule has 1 aromatic carbocycles. The van der Waals surface area contributed by atoms with E-state index in [4.69, 9.17) is 35.4 Å². The van der Waals surface area contributed by atoms with Gasteiger partial charge in [0.05, 0.1) is 12.6 Å². The van der Waals surface area contributed by atoms with E-state index in [0.29, 0.717) is 11.1 Å². The third kappa shape index (κ3) is 5.37. The first-order valence-electron chi connectivity index (χ1n) is 11.5. The summed E-state index contributed by atoms with van der Waals surface area (Å²) >= 11 is 6.17. The minimum Gasteiger partial charge on any atom is -0.387 e. The number of fused-ring (bicyclic) bond motifs is 3. The van der Waals surface area contributed by atoms with E-state index in [1.807, 2.05) is 0 Å². The summed E-state index contributed by atoms with van der Waals surface area (Å²) in [6.45, 7) is 1.22. The Hall–Kier alpha value is -2.00. The quantitative estimate of drug-likeness (QED) is 0.202. The highest BCUT2D eigenvalue weighted by molar-refractivity contribution is 7.70. The van der Waals surface area contributed by atoms with Crippen molar-refractivity contribution in [3.8, 4) is 0 Å². The normalized spacial score (nSPS) is 29.3. The molecule has 212 valence electrons. The number of aliphatic hydroxyl groups excluding tert-OH is 2. The smallest absolute Gasteiger partial charge is 0.340 e. The molecule has 5 rings (SSSR count). The van der Waals surface area contributed by atoms with Crippen LogP contribution >= 0.6 is 26.8 Å². The maximum Gasteiger partial charge on any atom is 0.340 e. The lowest BCUT2D eigenvalue weighted by Crippen LogP contribution is -2.48. The van der Waals surface area contributed by atoms with Gasteiger partial charge in [-0.05, 0) is 36.7 Å². The molecule has 2 unspecified atom stereocenters. The van der Waals surface area contributed by atoms with Crippen molar-refractivity contribution < 1.29 is 52.4 Å². The van der Waals surface area contributed by atoms with Crippen LogP contribution in [0.25, 0.3) is 5.52 Å². The lowest BCUT2D eigenvalue weighted by molar-refractivity contribution is -0.316. The molecular weight excluding hydrogens is 585 g/mol. The molecule has 14 nitrogen and oxygen atoms in total. The van der Waals surface area contributed by atoms with Crippen LogP contribution in [0.1, 0.15) is 24.2 Å². The summed E-state index contributed by atoms with van der Waals surface area (Å²) in [5.74, 6) is -3.68. The minimum atomic E-state index is -4.91. The Balaban J connectivity index is 1.46. The van der Waals surface area contributed by atoms with Gasteiger partial charge in [-0.3, -0.25) is 13.7 Å². The second-order valence-corrected chi connectivity index (χ2v) is 13.5. The summed E-state index contributed by atoms with van der Waals surface area (Å²) in [5, 5.41) is 28.7. The van der Waals surface area contributed by atoms with Crippen LogP contribution in [0.2, 0.25) is 5.28 Å². The van der Waals surface area contributed by atoms with Gasteiger partial charge in [-0.2, -0.15) is 4.98 Å². The molecule has 3 aromatic rings. The van der Waals surface area contributed by atoms with E-state index in [1.54, 1.807) is 31.2 Å². The number of aromatic nitrogens is 3. The van der Waals surface area contributed by atoms with Gasteiger partial charge in [0, 0.05) is 5.56 Å². The molecule has 39 heavy (non-hydrogen) atoms. The Kier molecular flexibility index (Phi) is 7.41. The van der Waals surface area contributed by atoms with E-state index < -0.39 is 69.8 Å². The van der Waals surface area contributed by atoms with Crippen LogP contribution in [0.5, 0.6) is 0 Å². The fraction of sp³-hybridized carbons (Fsp3) is 0.429. The van der Waals surface area contributed by atoms with Gasteiger partial charge in [-0.1, -0.05) is 18.2 Å². The number of rotatable bonds is 8. The van der Waals surface area contributed by atoms with E-state index in [-0.39, 0.29) is 16.8 Å². The van der Waals surface area contributed by atoms with E-state index in [1.165, 1.54) is 16.6 Å². The molecule has 2 aromatic heterocycles. The molecule has 2 aliphatic rings. The molecule has 0 spiro atoms. The number of nitrogens with one attached hydrogen (secondary N) is 1. The van der Waals surface area contributed by atoms with Crippen LogP contribution < -0.4 is 5.32 Å². The highest BCUT2D eigenvalue weighted by atomic mass is 35.5. The van der Waals surface area contributed by atoms with Crippen molar-refractivity contribution in [1.29, 1.82) is 0 Å². The van der Waals surface area contributed by atoms with Crippen LogP contribution in [-0.2, 0) is 28.9 Å². The average Bonchev–Trinajstić information content (AvgIpc) is 3.34. The van der Waals surface area contributed by atoms with Gasteiger partial charge in [-0.25, -0.2) is 8.91 Å². The Bertz CT molecular complexity index is 1510. The summed E-state index contributed by atoms with van der Waals surface area (Å²) in [6, 6.07) is 8.68. The number of hydrogen-bond acceptors (Lipinski definition) is 10. The van der Waals surface area contributed by atoms with Crippen LogP contribution in [0.15, 0.2) is 36.4 Å². The fourth-order valence-corrected chi connectivity index (χ4v) is 7.66. The maximum atomic E-state index is 14.3. The molecule has 0 radical (unpaired) electrons. The highest BCUT2D eigenvalue weighted by Gasteiger charge is 2.64. The molecule has 18 heteroatoms. The number of aliphatic hydroxyl groups is 2. The van der Waals surface area contributed by atoms with Gasteiger partial charge in [0.25, 0.3) is 0 Å². The second kappa shape index (κ2) is 10.1. The zero-order valence-corrected chi connectivity index (χ0v) is 22.6. The summed E-state index contributed by atoms with van der Waals surface area (Å²) in [7, 11) is -9.74. The predicted octanol–water partition coefficient (Wildman–Crippen LogP) is 1.70. The first-order chi connectivity index (χ1) is 18.2. The van der Waals surface area contributed by atoms with Gasteiger partial charge in [0.2, 0.25) is 11.1 Å². The van der Waals surface area contributed by atoms with Crippen molar-refractivity contribution in [2.45, 2.75) is 43.2 Å². The summed E-state index contributed by atoms with van der Waals surface area (Å²) in [5.41, 5.74) is 0.792. The third-order valence-electron chi connectivity index (χ3n) is 6.42. The second-order valence-electron chi connectivity index (χ2n) is 9.22. The third-order valence-corrected chi connectivity index (χ3v) is 10.1. The Morgan fingerprint density at radius 2 is 1.97 bits per heavy atom. The van der Waals surface area contributed by atoms with Crippen molar-refractivity contribution in [1.82, 2.24) is 14.6 Å². The van der Waals surface area contributed by atoms with E-state index >= 15 is 0 Å². The van der Waals surface area contributed by atoms with Gasteiger partial charge in [0.1, 0.15) is 41.4 Å². The standard InChI is InChI=1S/C21H24ClFN4O10P2/c1-10(11-4-2-3-5-12(11)23)24-19-13-6-7-15(27(13)26-20(22)25-19)21-18(29)16(28)17(36-21)14(8-35-21)37-39(33,34)9-38(30,31)32/h2-7,10,14,16-18,28-29H,8-9H2,1H3,(H,33,34)(H,24,25,26)(H2,30,31,32)/t10-,14?,16+,17+,18+,21+/m0/s1. The zero-order valence-electron chi connectivity index (χ0n) is 20.0. The number of nitrogens with zero attached hydrogens (tertiary/aromatic N) is 3. The molecule has 2 fully saturated rings. The molecule has 4 heterocycles. The lowest BCUT2D eigenvalue weighted by Gasteiger charge is -2.38. The number of anilines is 1. The van der Waals surface area contributed by atoms with Gasteiger partial charge in [-0.15, -0.1) is 5.10 Å². The molecule has 2 aliphatic heterocycles. The van der Waals surface area contributed by atoms with E-state index in [0.717, 1.165) is 0 Å². The van der Waals surface area contributed by atoms with Crippen molar-refractivity contribution >= 4 is 38.1 Å². The highest BCUT2D eigenvalue weighted by Crippen LogP contribution is 2.58. The molecule has 0 amide bonds. The topological polar surface area (TPSA) is 205 Å². The number of halogens is 2. The predicted molar refractivity (Wildman–Crippen MR) is 133 cm³/mol. The molecule has 0 saturated carbocycles. The average molecular weight is 609 g/mol.